The zero-order valence-electron chi connectivity index (χ0n) is 8.70. The fraction of sp³-hybridized carbons (Fsp3) is 0.333. The first-order chi connectivity index (χ1) is 8.50. The van der Waals surface area contributed by atoms with Crippen LogP contribution in [0, 0.1) is 29.1 Å². The highest BCUT2D eigenvalue weighted by Crippen LogP contribution is 2.33. The molecular formula is C9H5F8NO. The van der Waals surface area contributed by atoms with Crippen LogP contribution < -0.4 is 5.73 Å². The number of halogens is 8. The van der Waals surface area contributed by atoms with Crippen molar-refractivity contribution in [1.29, 1.82) is 0 Å². The van der Waals surface area contributed by atoms with Crippen LogP contribution in [0.3, 0.4) is 0 Å². The molecule has 1 rings (SSSR count). The average molecular weight is 295 g/mol. The maximum atomic E-state index is 13.1. The second-order valence-corrected chi connectivity index (χ2v) is 3.50. The quantitative estimate of drug-likeness (QED) is 0.499. The van der Waals surface area contributed by atoms with Gasteiger partial charge in [-0.05, 0) is 0 Å². The van der Waals surface area contributed by atoms with E-state index in [2.05, 4.69) is 0 Å². The molecular weight excluding hydrogens is 290 g/mol. The Morgan fingerprint density at radius 3 is 1.42 bits per heavy atom. The number of aliphatic hydroxyl groups is 1. The highest BCUT2D eigenvalue weighted by molar-refractivity contribution is 5.27. The van der Waals surface area contributed by atoms with E-state index in [0.29, 0.717) is 0 Å². The van der Waals surface area contributed by atoms with E-state index in [1.54, 1.807) is 0 Å². The third-order valence-corrected chi connectivity index (χ3v) is 2.25. The van der Waals surface area contributed by atoms with Gasteiger partial charge in [-0.25, -0.2) is 22.0 Å². The maximum Gasteiger partial charge on any atom is 0.416 e. The summed E-state index contributed by atoms with van der Waals surface area (Å²) in [5.41, 5.74) is 2.78. The minimum absolute atomic E-state index is 1.93. The predicted molar refractivity (Wildman–Crippen MR) is 45.2 cm³/mol. The van der Waals surface area contributed by atoms with E-state index in [9.17, 15) is 35.1 Å². The van der Waals surface area contributed by atoms with Gasteiger partial charge in [-0.1, -0.05) is 0 Å². The molecule has 0 aliphatic carbocycles. The van der Waals surface area contributed by atoms with E-state index in [-0.39, 0.29) is 0 Å². The monoisotopic (exact) mass is 295 g/mol. The van der Waals surface area contributed by atoms with Gasteiger partial charge in [0.25, 0.3) is 0 Å². The van der Waals surface area contributed by atoms with Gasteiger partial charge in [0.2, 0.25) is 5.82 Å². The Balaban J connectivity index is 3.44. The minimum Gasteiger partial charge on any atom is -0.382 e. The molecule has 1 aromatic carbocycles. The van der Waals surface area contributed by atoms with Crippen LogP contribution in [-0.4, -0.2) is 17.4 Å². The Labute approximate surface area is 100.0 Å². The molecule has 10 heteroatoms. The summed E-state index contributed by atoms with van der Waals surface area (Å²) in [5.74, 6) is -12.5. The molecule has 0 aliphatic heterocycles. The molecule has 2 atom stereocenters. The molecule has 2 nitrogen and oxygen atoms in total. The first kappa shape index (κ1) is 15.6. The van der Waals surface area contributed by atoms with Crippen LogP contribution >= 0.6 is 0 Å². The summed E-state index contributed by atoms with van der Waals surface area (Å²) in [7, 11) is 0. The van der Waals surface area contributed by atoms with Crippen LogP contribution in [0.5, 0.6) is 0 Å². The average Bonchev–Trinajstić information content (AvgIpc) is 2.31. The van der Waals surface area contributed by atoms with Gasteiger partial charge in [-0.15, -0.1) is 0 Å². The smallest absolute Gasteiger partial charge is 0.382 e. The van der Waals surface area contributed by atoms with E-state index >= 15 is 0 Å². The van der Waals surface area contributed by atoms with Crippen LogP contribution in [0.15, 0.2) is 0 Å². The number of benzene rings is 1. The van der Waals surface area contributed by atoms with Gasteiger partial charge in [0.05, 0.1) is 6.04 Å². The predicted octanol–water partition coefficient (Wildman–Crippen LogP) is 2.31. The molecule has 0 unspecified atom stereocenters. The Morgan fingerprint density at radius 2 is 1.11 bits per heavy atom. The SMILES string of the molecule is N[C@@H](c1c(F)c(F)c(F)c(F)c1F)[C@H](O)C(F)(F)F. The minimum atomic E-state index is -5.39. The molecule has 0 amide bonds. The largest absolute Gasteiger partial charge is 0.416 e. The molecule has 19 heavy (non-hydrogen) atoms. The highest BCUT2D eigenvalue weighted by Gasteiger charge is 2.45. The number of nitrogens with two attached hydrogens (primary N) is 1. The van der Waals surface area contributed by atoms with Crippen molar-refractivity contribution in [2.75, 3.05) is 0 Å². The molecule has 0 aromatic heterocycles. The Morgan fingerprint density at radius 1 is 0.789 bits per heavy atom. The van der Waals surface area contributed by atoms with Crippen LogP contribution in [0.2, 0.25) is 0 Å². The van der Waals surface area contributed by atoms with Crippen LogP contribution in [0.1, 0.15) is 11.6 Å². The van der Waals surface area contributed by atoms with Crippen molar-refractivity contribution in [3.05, 3.63) is 34.6 Å². The lowest BCUT2D eigenvalue weighted by Gasteiger charge is -2.22. The lowest BCUT2D eigenvalue weighted by Crippen LogP contribution is -2.40. The number of hydrogen-bond acceptors (Lipinski definition) is 2. The van der Waals surface area contributed by atoms with E-state index in [0.717, 1.165) is 0 Å². The van der Waals surface area contributed by atoms with E-state index in [1.165, 1.54) is 0 Å². The molecule has 0 aliphatic rings. The normalized spacial score (nSPS) is 15.5. The standard InChI is InChI=1S/C9H5F8NO/c10-2-1(7(18)8(19)9(15,16)17)3(11)5(13)6(14)4(2)12/h7-8,19H,18H2/t7-,8-/m0/s1. The summed E-state index contributed by atoms with van der Waals surface area (Å²) in [6.07, 6.45) is -8.87. The number of hydrogen-bond donors (Lipinski definition) is 2. The lowest BCUT2D eigenvalue weighted by molar-refractivity contribution is -0.210. The van der Waals surface area contributed by atoms with Crippen molar-refractivity contribution >= 4 is 0 Å². The van der Waals surface area contributed by atoms with Crippen molar-refractivity contribution in [2.24, 2.45) is 5.73 Å². The molecule has 3 N–H and O–H groups in total. The summed E-state index contributed by atoms with van der Waals surface area (Å²) >= 11 is 0. The number of aliphatic hydroxyl groups excluding tert-OH is 1. The van der Waals surface area contributed by atoms with Crippen molar-refractivity contribution in [1.82, 2.24) is 0 Å². The van der Waals surface area contributed by atoms with E-state index < -0.39 is 53.0 Å². The molecule has 0 radical (unpaired) electrons. The third-order valence-electron chi connectivity index (χ3n) is 2.25. The van der Waals surface area contributed by atoms with Gasteiger partial charge in [-0.2, -0.15) is 13.2 Å². The lowest BCUT2D eigenvalue weighted by atomic mass is 10.00. The second-order valence-electron chi connectivity index (χ2n) is 3.50. The first-order valence-corrected chi connectivity index (χ1v) is 4.51. The fourth-order valence-corrected chi connectivity index (χ4v) is 1.28. The Hall–Kier alpha value is -1.42. The summed E-state index contributed by atoms with van der Waals surface area (Å²) < 4.78 is 101. The van der Waals surface area contributed by atoms with Crippen LogP contribution in [0.4, 0.5) is 35.1 Å². The second kappa shape index (κ2) is 4.93. The zero-order valence-corrected chi connectivity index (χ0v) is 8.70. The molecule has 0 fully saturated rings. The van der Waals surface area contributed by atoms with Crippen molar-refractivity contribution < 1.29 is 40.2 Å². The van der Waals surface area contributed by atoms with Gasteiger partial charge in [0.1, 0.15) is 0 Å². The first-order valence-electron chi connectivity index (χ1n) is 4.51. The summed E-state index contributed by atoms with van der Waals surface area (Å²) in [6.45, 7) is 0. The van der Waals surface area contributed by atoms with Crippen LogP contribution in [-0.2, 0) is 0 Å². The number of alkyl halides is 3. The Kier molecular flexibility index (Phi) is 4.06. The fourth-order valence-electron chi connectivity index (χ4n) is 1.28. The third kappa shape index (κ3) is 2.63. The molecule has 0 bridgehead atoms. The zero-order chi connectivity index (χ0) is 15.1. The van der Waals surface area contributed by atoms with Gasteiger partial charge < -0.3 is 10.8 Å². The summed E-state index contributed by atoms with van der Waals surface area (Å²) in [6, 6.07) is -2.86. The molecule has 0 saturated heterocycles. The summed E-state index contributed by atoms with van der Waals surface area (Å²) in [4.78, 5) is 0. The molecule has 108 valence electrons. The molecule has 0 heterocycles. The number of rotatable bonds is 2. The van der Waals surface area contributed by atoms with Crippen molar-refractivity contribution in [2.45, 2.75) is 18.3 Å². The summed E-state index contributed by atoms with van der Waals surface area (Å²) in [5, 5.41) is 8.69. The maximum absolute atomic E-state index is 13.1. The van der Waals surface area contributed by atoms with Crippen molar-refractivity contribution in [3.8, 4) is 0 Å². The van der Waals surface area contributed by atoms with E-state index in [1.807, 2.05) is 0 Å². The van der Waals surface area contributed by atoms with E-state index in [4.69, 9.17) is 10.8 Å². The highest BCUT2D eigenvalue weighted by atomic mass is 19.4. The molecule has 1 aromatic rings. The van der Waals surface area contributed by atoms with Crippen molar-refractivity contribution in [3.63, 3.8) is 0 Å². The van der Waals surface area contributed by atoms with Gasteiger partial charge in [0, 0.05) is 5.56 Å². The molecule has 0 saturated carbocycles. The van der Waals surface area contributed by atoms with Crippen LogP contribution in [0.25, 0.3) is 0 Å². The van der Waals surface area contributed by atoms with Gasteiger partial charge in [-0.3, -0.25) is 0 Å². The van der Waals surface area contributed by atoms with Gasteiger partial charge in [0.15, 0.2) is 29.4 Å². The molecule has 0 spiro atoms. The van der Waals surface area contributed by atoms with Gasteiger partial charge >= 0.3 is 6.18 Å². The topological polar surface area (TPSA) is 46.2 Å². The Bertz CT molecular complexity index is 471.